The van der Waals surface area contributed by atoms with Gasteiger partial charge in [-0.3, -0.25) is 14.5 Å². The third-order valence-corrected chi connectivity index (χ3v) is 4.49. The van der Waals surface area contributed by atoms with Crippen LogP contribution in [-0.4, -0.2) is 34.8 Å². The Morgan fingerprint density at radius 2 is 1.90 bits per heavy atom. The highest BCUT2D eigenvalue weighted by Gasteiger charge is 2.32. The Morgan fingerprint density at radius 1 is 1.14 bits per heavy atom. The zero-order chi connectivity index (χ0) is 15.0. The van der Waals surface area contributed by atoms with Crippen LogP contribution in [0.2, 0.25) is 0 Å². The molecule has 0 atom stereocenters. The van der Waals surface area contributed by atoms with Crippen LogP contribution < -0.4 is 5.73 Å². The molecule has 0 aliphatic carbocycles. The third-order valence-electron chi connectivity index (χ3n) is 3.61. The van der Waals surface area contributed by atoms with Crippen molar-refractivity contribution in [2.75, 3.05) is 23.8 Å². The van der Waals surface area contributed by atoms with Crippen LogP contribution in [0.25, 0.3) is 10.8 Å². The zero-order valence-electron chi connectivity index (χ0n) is 11.8. The number of rotatable bonds is 4. The highest BCUT2D eigenvalue weighted by molar-refractivity contribution is 7.99. The Labute approximate surface area is 127 Å². The highest BCUT2D eigenvalue weighted by Crippen LogP contribution is 2.32. The van der Waals surface area contributed by atoms with Crippen molar-refractivity contribution in [3.05, 3.63) is 41.5 Å². The SMILES string of the molecule is CCSCCN1C(=O)c2cccc3cc(N)cc(c23)C1=O. The molecule has 3 rings (SSSR count). The number of benzene rings is 2. The van der Waals surface area contributed by atoms with E-state index in [1.165, 1.54) is 4.90 Å². The van der Waals surface area contributed by atoms with Crippen molar-refractivity contribution < 1.29 is 9.59 Å². The summed E-state index contributed by atoms with van der Waals surface area (Å²) in [6, 6.07) is 8.94. The summed E-state index contributed by atoms with van der Waals surface area (Å²) < 4.78 is 0. The lowest BCUT2D eigenvalue weighted by atomic mass is 9.93. The second kappa shape index (κ2) is 5.41. The lowest BCUT2D eigenvalue weighted by Gasteiger charge is -2.27. The molecule has 2 aromatic rings. The predicted octanol–water partition coefficient (Wildman–Crippen LogP) is 2.77. The van der Waals surface area contributed by atoms with Gasteiger partial charge in [0.15, 0.2) is 0 Å². The molecule has 0 saturated heterocycles. The van der Waals surface area contributed by atoms with Crippen LogP contribution in [-0.2, 0) is 0 Å². The summed E-state index contributed by atoms with van der Waals surface area (Å²) in [6.07, 6.45) is 0. The summed E-state index contributed by atoms with van der Waals surface area (Å²) >= 11 is 1.71. The van der Waals surface area contributed by atoms with Crippen LogP contribution in [0.5, 0.6) is 0 Å². The first-order valence-electron chi connectivity index (χ1n) is 6.89. The Kier molecular flexibility index (Phi) is 3.59. The Bertz CT molecular complexity index is 742. The van der Waals surface area contributed by atoms with Gasteiger partial charge in [0.25, 0.3) is 11.8 Å². The standard InChI is InChI=1S/C16H16N2O2S/c1-2-21-7-6-18-15(19)12-5-3-4-10-8-11(17)9-13(14(10)12)16(18)20/h3-5,8-9H,2,6-7,17H2,1H3. The first-order chi connectivity index (χ1) is 10.1. The lowest BCUT2D eigenvalue weighted by Crippen LogP contribution is -2.41. The van der Waals surface area contributed by atoms with E-state index in [9.17, 15) is 9.59 Å². The molecule has 0 bridgehead atoms. The molecule has 0 saturated carbocycles. The van der Waals surface area contributed by atoms with Gasteiger partial charge in [-0.2, -0.15) is 11.8 Å². The first kappa shape index (κ1) is 13.9. The first-order valence-corrected chi connectivity index (χ1v) is 8.05. The summed E-state index contributed by atoms with van der Waals surface area (Å²) in [5, 5.41) is 1.56. The summed E-state index contributed by atoms with van der Waals surface area (Å²) in [7, 11) is 0. The minimum absolute atomic E-state index is 0.209. The van der Waals surface area contributed by atoms with Crippen LogP contribution in [0.15, 0.2) is 30.3 Å². The fraction of sp³-hybridized carbons (Fsp3) is 0.250. The van der Waals surface area contributed by atoms with Gasteiger partial charge in [0.1, 0.15) is 0 Å². The quantitative estimate of drug-likeness (QED) is 0.536. The van der Waals surface area contributed by atoms with Gasteiger partial charge in [-0.1, -0.05) is 19.1 Å². The number of hydrogen-bond acceptors (Lipinski definition) is 4. The van der Waals surface area contributed by atoms with E-state index in [-0.39, 0.29) is 11.8 Å². The molecule has 2 N–H and O–H groups in total. The van der Waals surface area contributed by atoms with E-state index < -0.39 is 0 Å². The van der Waals surface area contributed by atoms with Gasteiger partial charge in [-0.15, -0.1) is 0 Å². The normalized spacial score (nSPS) is 14.0. The molecule has 0 fully saturated rings. The molecule has 0 spiro atoms. The number of anilines is 1. The fourth-order valence-corrected chi connectivity index (χ4v) is 3.28. The molecule has 0 radical (unpaired) electrons. The maximum atomic E-state index is 12.6. The van der Waals surface area contributed by atoms with E-state index in [1.807, 2.05) is 12.1 Å². The van der Waals surface area contributed by atoms with Crippen LogP contribution in [0.3, 0.4) is 0 Å². The maximum absolute atomic E-state index is 12.6. The Balaban J connectivity index is 2.11. The van der Waals surface area contributed by atoms with Gasteiger partial charge < -0.3 is 5.73 Å². The highest BCUT2D eigenvalue weighted by atomic mass is 32.2. The van der Waals surface area contributed by atoms with E-state index in [0.717, 1.165) is 22.3 Å². The molecule has 4 nitrogen and oxygen atoms in total. The molecule has 21 heavy (non-hydrogen) atoms. The van der Waals surface area contributed by atoms with Crippen molar-refractivity contribution in [1.29, 1.82) is 0 Å². The maximum Gasteiger partial charge on any atom is 0.261 e. The fourth-order valence-electron chi connectivity index (χ4n) is 2.68. The lowest BCUT2D eigenvalue weighted by molar-refractivity contribution is 0.0621. The van der Waals surface area contributed by atoms with Gasteiger partial charge in [-0.25, -0.2) is 0 Å². The largest absolute Gasteiger partial charge is 0.399 e. The number of nitrogens with two attached hydrogens (primary N) is 1. The van der Waals surface area contributed by atoms with Crippen molar-refractivity contribution in [3.8, 4) is 0 Å². The molecule has 2 aromatic carbocycles. The van der Waals surface area contributed by atoms with Crippen LogP contribution >= 0.6 is 11.8 Å². The number of imide groups is 1. The number of hydrogen-bond donors (Lipinski definition) is 1. The summed E-state index contributed by atoms with van der Waals surface area (Å²) in [4.78, 5) is 26.5. The number of carbonyl (C=O) groups excluding carboxylic acids is 2. The van der Waals surface area contributed by atoms with Crippen LogP contribution in [0.4, 0.5) is 5.69 Å². The topological polar surface area (TPSA) is 63.4 Å². The zero-order valence-corrected chi connectivity index (χ0v) is 12.6. The van der Waals surface area contributed by atoms with Gasteiger partial charge >= 0.3 is 0 Å². The van der Waals surface area contributed by atoms with E-state index in [1.54, 1.807) is 30.0 Å². The Hall–Kier alpha value is -2.01. The molecule has 0 unspecified atom stereocenters. The predicted molar refractivity (Wildman–Crippen MR) is 86.7 cm³/mol. The van der Waals surface area contributed by atoms with Crippen molar-refractivity contribution in [2.45, 2.75) is 6.92 Å². The number of nitrogens with zero attached hydrogens (tertiary/aromatic N) is 1. The van der Waals surface area contributed by atoms with E-state index >= 15 is 0 Å². The van der Waals surface area contributed by atoms with Crippen LogP contribution in [0.1, 0.15) is 27.6 Å². The van der Waals surface area contributed by atoms with Gasteiger partial charge in [-0.05, 0) is 29.3 Å². The third kappa shape index (κ3) is 2.27. The molecule has 5 heteroatoms. The molecule has 2 amide bonds. The molecular weight excluding hydrogens is 284 g/mol. The van der Waals surface area contributed by atoms with Gasteiger partial charge in [0.05, 0.1) is 5.56 Å². The second-order valence-corrected chi connectivity index (χ2v) is 6.32. The number of amides is 2. The molecule has 108 valence electrons. The minimum atomic E-state index is -0.243. The van der Waals surface area contributed by atoms with E-state index in [4.69, 9.17) is 5.73 Å². The number of thioether (sulfide) groups is 1. The Morgan fingerprint density at radius 3 is 2.67 bits per heavy atom. The molecule has 1 aliphatic rings. The number of nitrogen functional groups attached to an aromatic ring is 1. The van der Waals surface area contributed by atoms with Gasteiger partial charge in [0, 0.05) is 28.9 Å². The van der Waals surface area contributed by atoms with Gasteiger partial charge in [0.2, 0.25) is 0 Å². The average molecular weight is 300 g/mol. The minimum Gasteiger partial charge on any atom is -0.399 e. The smallest absolute Gasteiger partial charge is 0.261 e. The molecule has 0 aromatic heterocycles. The van der Waals surface area contributed by atoms with Crippen molar-refractivity contribution in [3.63, 3.8) is 0 Å². The molecule has 1 heterocycles. The monoisotopic (exact) mass is 300 g/mol. The van der Waals surface area contributed by atoms with Crippen molar-refractivity contribution >= 4 is 40.0 Å². The summed E-state index contributed by atoms with van der Waals surface area (Å²) in [5.74, 6) is 1.27. The molecule has 1 aliphatic heterocycles. The van der Waals surface area contributed by atoms with Crippen molar-refractivity contribution in [2.24, 2.45) is 0 Å². The van der Waals surface area contributed by atoms with E-state index in [2.05, 4.69) is 6.92 Å². The summed E-state index contributed by atoms with van der Waals surface area (Å²) in [6.45, 7) is 2.49. The summed E-state index contributed by atoms with van der Waals surface area (Å²) in [5.41, 5.74) is 7.54. The average Bonchev–Trinajstić information content (AvgIpc) is 2.47. The van der Waals surface area contributed by atoms with E-state index in [0.29, 0.717) is 23.4 Å². The molecular formula is C16H16N2O2S. The second-order valence-electron chi connectivity index (χ2n) is 4.93. The van der Waals surface area contributed by atoms with Crippen LogP contribution in [0, 0.1) is 0 Å². The number of carbonyl (C=O) groups is 2. The van der Waals surface area contributed by atoms with Crippen molar-refractivity contribution in [1.82, 2.24) is 4.90 Å².